The van der Waals surface area contributed by atoms with E-state index in [1.807, 2.05) is 29.8 Å². The SMILES string of the molecule is CC(C(C=Nc1ccc(F)cc1F)=NN)n1cc(-c2ccc(OC3CC3)nc2)c2c(N)ncnc21. The van der Waals surface area contributed by atoms with Crippen molar-refractivity contribution in [2.24, 2.45) is 15.9 Å². The molecular weight excluding hydrogens is 454 g/mol. The summed E-state index contributed by atoms with van der Waals surface area (Å²) >= 11 is 0. The number of benzene rings is 1. The van der Waals surface area contributed by atoms with E-state index < -0.39 is 17.7 Å². The minimum atomic E-state index is -0.791. The average Bonchev–Trinajstić information content (AvgIpc) is 3.58. The minimum absolute atomic E-state index is 0.0380. The van der Waals surface area contributed by atoms with E-state index in [1.54, 1.807) is 6.20 Å². The summed E-state index contributed by atoms with van der Waals surface area (Å²) in [5.41, 5.74) is 8.65. The number of nitrogens with two attached hydrogens (primary N) is 2. The average molecular weight is 476 g/mol. The molecule has 0 radical (unpaired) electrons. The fourth-order valence-electron chi connectivity index (χ4n) is 3.70. The summed E-state index contributed by atoms with van der Waals surface area (Å²) < 4.78 is 34.8. The Kier molecular flexibility index (Phi) is 5.81. The first-order valence-corrected chi connectivity index (χ1v) is 11.0. The molecule has 0 spiro atoms. The van der Waals surface area contributed by atoms with Gasteiger partial charge in [-0.05, 0) is 38.0 Å². The largest absolute Gasteiger partial charge is 0.474 e. The summed E-state index contributed by atoms with van der Waals surface area (Å²) in [4.78, 5) is 17.1. The highest BCUT2D eigenvalue weighted by atomic mass is 19.1. The van der Waals surface area contributed by atoms with Crippen molar-refractivity contribution >= 4 is 34.5 Å². The molecule has 1 aliphatic carbocycles. The Bertz CT molecular complexity index is 1440. The molecule has 1 fully saturated rings. The number of halogens is 2. The molecule has 1 aliphatic rings. The maximum absolute atomic E-state index is 14.0. The van der Waals surface area contributed by atoms with E-state index in [0.29, 0.717) is 28.4 Å². The second-order valence-electron chi connectivity index (χ2n) is 8.19. The van der Waals surface area contributed by atoms with Crippen LogP contribution < -0.4 is 16.3 Å². The van der Waals surface area contributed by atoms with Gasteiger partial charge in [-0.1, -0.05) is 0 Å². The zero-order valence-electron chi connectivity index (χ0n) is 18.8. The number of rotatable bonds is 7. The highest BCUT2D eigenvalue weighted by Crippen LogP contribution is 2.35. The molecule has 11 heteroatoms. The number of ether oxygens (including phenoxy) is 1. The number of nitrogen functional groups attached to an aromatic ring is 1. The number of fused-ring (bicyclic) bond motifs is 1. The first-order valence-electron chi connectivity index (χ1n) is 11.0. The Morgan fingerprint density at radius 3 is 2.71 bits per heavy atom. The molecule has 0 amide bonds. The van der Waals surface area contributed by atoms with Crippen LogP contribution in [0, 0.1) is 11.6 Å². The van der Waals surface area contributed by atoms with E-state index in [-0.39, 0.29) is 11.8 Å². The first kappa shape index (κ1) is 22.4. The van der Waals surface area contributed by atoms with E-state index in [2.05, 4.69) is 25.0 Å². The zero-order chi connectivity index (χ0) is 24.5. The van der Waals surface area contributed by atoms with Crippen molar-refractivity contribution in [3.8, 4) is 17.0 Å². The number of anilines is 1. The van der Waals surface area contributed by atoms with Crippen LogP contribution in [0.15, 0.2) is 59.1 Å². The molecule has 1 unspecified atom stereocenters. The van der Waals surface area contributed by atoms with Crippen LogP contribution >= 0.6 is 0 Å². The first-order chi connectivity index (χ1) is 16.9. The lowest BCUT2D eigenvalue weighted by Crippen LogP contribution is -2.19. The predicted molar refractivity (Wildman–Crippen MR) is 130 cm³/mol. The molecule has 3 aromatic heterocycles. The van der Waals surface area contributed by atoms with E-state index in [9.17, 15) is 8.78 Å². The fraction of sp³-hybridized carbons (Fsp3) is 0.208. The summed E-state index contributed by atoms with van der Waals surface area (Å²) in [6.45, 7) is 1.84. The maximum Gasteiger partial charge on any atom is 0.213 e. The molecule has 0 saturated heterocycles. The molecule has 3 heterocycles. The van der Waals surface area contributed by atoms with Gasteiger partial charge in [0, 0.05) is 35.7 Å². The molecule has 0 bridgehead atoms. The van der Waals surface area contributed by atoms with Crippen LogP contribution in [0.3, 0.4) is 0 Å². The second-order valence-corrected chi connectivity index (χ2v) is 8.19. The Morgan fingerprint density at radius 2 is 2.03 bits per heavy atom. The summed E-state index contributed by atoms with van der Waals surface area (Å²) in [7, 11) is 0. The molecular formula is C24H22F2N8O. The van der Waals surface area contributed by atoms with Crippen molar-refractivity contribution in [2.75, 3.05) is 5.73 Å². The lowest BCUT2D eigenvalue weighted by Gasteiger charge is -2.14. The summed E-state index contributed by atoms with van der Waals surface area (Å²) in [6.07, 6.45) is 8.62. The highest BCUT2D eigenvalue weighted by molar-refractivity contribution is 6.32. The number of aromatic nitrogens is 4. The number of nitrogens with zero attached hydrogens (tertiary/aromatic N) is 6. The summed E-state index contributed by atoms with van der Waals surface area (Å²) in [5, 5.41) is 4.48. The van der Waals surface area contributed by atoms with Crippen molar-refractivity contribution in [2.45, 2.75) is 31.9 Å². The van der Waals surface area contributed by atoms with Gasteiger partial charge in [-0.25, -0.2) is 23.7 Å². The predicted octanol–water partition coefficient (Wildman–Crippen LogP) is 4.17. The van der Waals surface area contributed by atoms with Crippen LogP contribution in [0.2, 0.25) is 0 Å². The summed E-state index contributed by atoms with van der Waals surface area (Å²) in [6, 6.07) is 6.38. The molecule has 5 rings (SSSR count). The quantitative estimate of drug-likeness (QED) is 0.234. The van der Waals surface area contributed by atoms with Gasteiger partial charge in [-0.3, -0.25) is 4.99 Å². The number of pyridine rings is 1. The van der Waals surface area contributed by atoms with Gasteiger partial charge in [0.25, 0.3) is 0 Å². The Hall–Kier alpha value is -4.41. The Morgan fingerprint density at radius 1 is 1.20 bits per heavy atom. The molecule has 178 valence electrons. The van der Waals surface area contributed by atoms with Crippen molar-refractivity contribution in [1.82, 2.24) is 19.5 Å². The monoisotopic (exact) mass is 476 g/mol. The highest BCUT2D eigenvalue weighted by Gasteiger charge is 2.24. The maximum atomic E-state index is 14.0. The van der Waals surface area contributed by atoms with Gasteiger partial charge >= 0.3 is 0 Å². The van der Waals surface area contributed by atoms with Gasteiger partial charge in [0.05, 0.1) is 23.3 Å². The zero-order valence-corrected chi connectivity index (χ0v) is 18.8. The Balaban J connectivity index is 1.51. The number of hydrogen-bond donors (Lipinski definition) is 2. The van der Waals surface area contributed by atoms with Crippen LogP contribution in [-0.4, -0.2) is 37.5 Å². The standard InChI is InChI=1S/C24H22F2N8O/c1-13(20(33-28)10-29-19-6-3-15(25)8-18(19)26)34-11-17(22-23(27)31-12-32-24(22)34)14-2-7-21(30-9-14)35-16-4-5-16/h2-3,6-13,16H,4-5,28H2,1H3,(H2,27,31,32). The molecule has 1 atom stereocenters. The van der Waals surface area contributed by atoms with Gasteiger partial charge in [0.2, 0.25) is 5.88 Å². The van der Waals surface area contributed by atoms with Crippen LogP contribution in [-0.2, 0) is 0 Å². The minimum Gasteiger partial charge on any atom is -0.474 e. The molecule has 4 N–H and O–H groups in total. The van der Waals surface area contributed by atoms with Gasteiger partial charge < -0.3 is 20.9 Å². The molecule has 35 heavy (non-hydrogen) atoms. The fourth-order valence-corrected chi connectivity index (χ4v) is 3.70. The van der Waals surface area contributed by atoms with Gasteiger partial charge in [-0.2, -0.15) is 5.10 Å². The van der Waals surface area contributed by atoms with Gasteiger partial charge in [0.15, 0.2) is 5.82 Å². The van der Waals surface area contributed by atoms with Crippen molar-refractivity contribution in [3.63, 3.8) is 0 Å². The topological polar surface area (TPSA) is 130 Å². The second kappa shape index (κ2) is 9.09. The van der Waals surface area contributed by atoms with Crippen molar-refractivity contribution in [3.05, 3.63) is 60.7 Å². The third kappa shape index (κ3) is 4.52. The normalized spacial score (nSPS) is 15.1. The number of hydrogen-bond acceptors (Lipinski definition) is 8. The molecule has 0 aliphatic heterocycles. The lowest BCUT2D eigenvalue weighted by molar-refractivity contribution is 0.291. The smallest absolute Gasteiger partial charge is 0.213 e. The van der Waals surface area contributed by atoms with E-state index in [0.717, 1.165) is 36.1 Å². The van der Waals surface area contributed by atoms with Crippen LogP contribution in [0.25, 0.3) is 22.2 Å². The van der Waals surface area contributed by atoms with Crippen molar-refractivity contribution < 1.29 is 13.5 Å². The molecule has 9 nitrogen and oxygen atoms in total. The third-order valence-electron chi connectivity index (χ3n) is 5.74. The number of aliphatic imine (C=N–C) groups is 1. The van der Waals surface area contributed by atoms with Crippen LogP contribution in [0.4, 0.5) is 20.3 Å². The van der Waals surface area contributed by atoms with E-state index in [4.69, 9.17) is 16.3 Å². The van der Waals surface area contributed by atoms with Crippen LogP contribution in [0.5, 0.6) is 5.88 Å². The van der Waals surface area contributed by atoms with E-state index >= 15 is 0 Å². The summed E-state index contributed by atoms with van der Waals surface area (Å²) in [5.74, 6) is 5.04. The number of hydrazone groups is 1. The van der Waals surface area contributed by atoms with Gasteiger partial charge in [-0.15, -0.1) is 0 Å². The van der Waals surface area contributed by atoms with E-state index in [1.165, 1.54) is 18.6 Å². The third-order valence-corrected chi connectivity index (χ3v) is 5.74. The Labute approximate surface area is 199 Å². The molecule has 1 aromatic carbocycles. The molecule has 1 saturated carbocycles. The lowest BCUT2D eigenvalue weighted by atomic mass is 10.1. The van der Waals surface area contributed by atoms with Crippen LogP contribution in [0.1, 0.15) is 25.8 Å². The van der Waals surface area contributed by atoms with Crippen molar-refractivity contribution in [1.29, 1.82) is 0 Å². The van der Waals surface area contributed by atoms with Gasteiger partial charge in [0.1, 0.15) is 35.4 Å². The molecule has 4 aromatic rings.